The van der Waals surface area contributed by atoms with Crippen LogP contribution in [-0.2, 0) is 20.2 Å². The van der Waals surface area contributed by atoms with Crippen molar-refractivity contribution in [2.75, 3.05) is 13.7 Å². The number of halogens is 2. The van der Waals surface area contributed by atoms with Crippen molar-refractivity contribution in [2.45, 2.75) is 109 Å². The number of hydrogen-bond donors (Lipinski definition) is 1. The Morgan fingerprint density at radius 1 is 1.11 bits per heavy atom. The van der Waals surface area contributed by atoms with Crippen molar-refractivity contribution in [3.05, 3.63) is 29.8 Å². The molecule has 2 aromatic rings. The minimum atomic E-state index is -3.25. The number of benzene rings is 1. The van der Waals surface area contributed by atoms with Crippen molar-refractivity contribution in [3.63, 3.8) is 0 Å². The van der Waals surface area contributed by atoms with E-state index in [-0.39, 0.29) is 30.3 Å². The molecule has 1 saturated heterocycles. The van der Waals surface area contributed by atoms with Gasteiger partial charge in [-0.05, 0) is 68.6 Å². The molecule has 3 heterocycles. The molecule has 246 valence electrons. The second-order valence-electron chi connectivity index (χ2n) is 14.2. The number of ether oxygens (including phenoxy) is 3. The Labute approximate surface area is 263 Å². The van der Waals surface area contributed by atoms with Gasteiger partial charge < -0.3 is 29.2 Å². The number of carbonyl (C=O) groups excluding carboxylic acids is 3. The lowest BCUT2D eigenvalue weighted by Gasteiger charge is -2.37. The predicted octanol–water partition coefficient (Wildman–Crippen LogP) is 6.40. The molecule has 2 fully saturated rings. The third-order valence-corrected chi connectivity index (χ3v) is 10.0. The van der Waals surface area contributed by atoms with E-state index in [1.807, 2.05) is 27.7 Å². The Morgan fingerprint density at radius 3 is 2.53 bits per heavy atom. The first-order valence-electron chi connectivity index (χ1n) is 16.0. The number of nitrogens with zero attached hydrogens (tertiary/aromatic N) is 2. The Morgan fingerprint density at radius 2 is 1.84 bits per heavy atom. The molecule has 1 N–H and O–H groups in total. The van der Waals surface area contributed by atoms with Crippen molar-refractivity contribution in [3.8, 4) is 11.6 Å². The zero-order valence-electron chi connectivity index (χ0n) is 27.0. The summed E-state index contributed by atoms with van der Waals surface area (Å²) in [5, 5.41) is 3.33. The van der Waals surface area contributed by atoms with Gasteiger partial charge in [-0.25, -0.2) is 18.6 Å². The number of rotatable bonds is 2. The number of pyridine rings is 1. The van der Waals surface area contributed by atoms with Crippen LogP contribution < -0.4 is 14.8 Å². The van der Waals surface area contributed by atoms with Crippen LogP contribution in [0.1, 0.15) is 85.1 Å². The van der Waals surface area contributed by atoms with Crippen LogP contribution in [-0.4, -0.2) is 65.6 Å². The molecule has 11 heteroatoms. The van der Waals surface area contributed by atoms with Gasteiger partial charge in [0.2, 0.25) is 11.8 Å². The lowest BCUT2D eigenvalue weighted by molar-refractivity contribution is -0.139. The molecule has 2 amide bonds. The maximum Gasteiger partial charge on any atom is 0.408 e. The first-order chi connectivity index (χ1) is 21.2. The van der Waals surface area contributed by atoms with Crippen LogP contribution >= 0.6 is 0 Å². The molecule has 9 nitrogen and oxygen atoms in total. The molecule has 0 radical (unpaired) electrons. The largest absolute Gasteiger partial charge is 0.497 e. The molecule has 1 aliphatic carbocycles. The van der Waals surface area contributed by atoms with Gasteiger partial charge in [-0.2, -0.15) is 0 Å². The summed E-state index contributed by atoms with van der Waals surface area (Å²) in [6.07, 6.45) is 2.52. The van der Waals surface area contributed by atoms with Crippen molar-refractivity contribution in [1.82, 2.24) is 15.2 Å². The fourth-order valence-corrected chi connectivity index (χ4v) is 7.15. The van der Waals surface area contributed by atoms with E-state index in [2.05, 4.69) is 10.3 Å². The van der Waals surface area contributed by atoms with E-state index in [4.69, 9.17) is 14.2 Å². The first-order valence-corrected chi connectivity index (χ1v) is 16.0. The number of alkyl carbamates (subject to hydrolysis) is 1. The summed E-state index contributed by atoms with van der Waals surface area (Å²) in [5.41, 5.74) is -1.40. The molecule has 1 aromatic heterocycles. The number of fused-ring (bicyclic) bond motifs is 5. The average Bonchev–Trinajstić information content (AvgIpc) is 3.49. The third kappa shape index (κ3) is 6.58. The van der Waals surface area contributed by atoms with Crippen LogP contribution in [0.3, 0.4) is 0 Å². The van der Waals surface area contributed by atoms with Gasteiger partial charge in [-0.1, -0.05) is 34.1 Å². The SMILES string of the molecule is COc1ccc2cc3c(nc2c1)O[C@H]1CN(C(=O)[C@H](C(C)(C)C)NC(=O)O[C@]2(C)CCC[C@H]2CCCCC3(F)F)[C@H](C=O)[C@@H]1C. The topological polar surface area (TPSA) is 107 Å². The predicted molar refractivity (Wildman–Crippen MR) is 164 cm³/mol. The van der Waals surface area contributed by atoms with E-state index in [1.54, 1.807) is 25.1 Å². The van der Waals surface area contributed by atoms with Gasteiger partial charge >= 0.3 is 6.09 Å². The molecule has 1 aromatic carbocycles. The van der Waals surface area contributed by atoms with Crippen LogP contribution in [0.2, 0.25) is 0 Å². The Kier molecular flexibility index (Phi) is 9.03. The molecule has 6 atom stereocenters. The number of methoxy groups -OCH3 is 1. The lowest BCUT2D eigenvalue weighted by Crippen LogP contribution is -2.57. The number of hydrogen-bond acceptors (Lipinski definition) is 7. The number of aldehydes is 1. The summed E-state index contributed by atoms with van der Waals surface area (Å²) >= 11 is 0. The average molecular weight is 630 g/mol. The number of nitrogens with one attached hydrogen (secondary N) is 1. The highest BCUT2D eigenvalue weighted by Gasteiger charge is 2.49. The first kappa shape index (κ1) is 32.9. The minimum absolute atomic E-state index is 0.00962. The Balaban J connectivity index is 1.58. The second kappa shape index (κ2) is 12.4. The summed E-state index contributed by atoms with van der Waals surface area (Å²) in [6, 6.07) is 4.55. The van der Waals surface area contributed by atoms with Crippen LogP contribution in [0.5, 0.6) is 11.6 Å². The van der Waals surface area contributed by atoms with E-state index in [9.17, 15) is 14.4 Å². The van der Waals surface area contributed by atoms with Crippen LogP contribution in [0.15, 0.2) is 24.3 Å². The maximum absolute atomic E-state index is 16.1. The lowest BCUT2D eigenvalue weighted by atomic mass is 9.85. The van der Waals surface area contributed by atoms with Crippen LogP contribution in [0.25, 0.3) is 10.9 Å². The fraction of sp³-hybridized carbons (Fsp3) is 0.647. The smallest absolute Gasteiger partial charge is 0.408 e. The molecule has 45 heavy (non-hydrogen) atoms. The van der Waals surface area contributed by atoms with Crippen LogP contribution in [0, 0.1) is 17.3 Å². The van der Waals surface area contributed by atoms with Gasteiger partial charge in [0.1, 0.15) is 29.8 Å². The van der Waals surface area contributed by atoms with Gasteiger partial charge in [0.05, 0.1) is 30.8 Å². The highest BCUT2D eigenvalue weighted by Crippen LogP contribution is 2.44. The maximum atomic E-state index is 16.1. The van der Waals surface area contributed by atoms with Crippen molar-refractivity contribution < 1.29 is 37.4 Å². The quantitative estimate of drug-likeness (QED) is 0.383. The molecule has 0 spiro atoms. The van der Waals surface area contributed by atoms with Gasteiger partial charge in [0, 0.05) is 23.8 Å². The Hall–Kier alpha value is -3.50. The molecular formula is C34H45F2N3O6. The van der Waals surface area contributed by atoms with E-state index in [0.29, 0.717) is 42.2 Å². The third-order valence-electron chi connectivity index (χ3n) is 10.0. The van der Waals surface area contributed by atoms with Gasteiger partial charge in [0.25, 0.3) is 5.92 Å². The van der Waals surface area contributed by atoms with E-state index < -0.39 is 59.5 Å². The molecule has 1 saturated carbocycles. The molecule has 5 rings (SSSR count). The number of amides is 2. The summed E-state index contributed by atoms with van der Waals surface area (Å²) in [5.74, 6) is -3.96. The van der Waals surface area contributed by atoms with Gasteiger partial charge in [0.15, 0.2) is 0 Å². The van der Waals surface area contributed by atoms with Gasteiger partial charge in [-0.3, -0.25) is 4.79 Å². The standard InChI is InChI=1S/C34H45F2N3O6/c1-20-26(19-40)39-18-27(20)44-29-24(16-21-12-13-23(43-6)17-25(21)37-29)34(35,36)15-8-7-10-22-11-9-14-33(22,5)45-31(42)38-28(30(39)41)32(2,3)4/h12-13,16-17,19-20,22,26-28H,7-11,14-15,18H2,1-6H3,(H,38,42)/t20-,22+,26+,27-,28+,33+/m0/s1. The van der Waals surface area contributed by atoms with Crippen molar-refractivity contribution >= 4 is 29.2 Å². The van der Waals surface area contributed by atoms with Crippen molar-refractivity contribution in [2.24, 2.45) is 17.3 Å². The summed E-state index contributed by atoms with van der Waals surface area (Å²) < 4.78 is 49.7. The number of aromatic nitrogens is 1. The monoisotopic (exact) mass is 629 g/mol. The zero-order valence-corrected chi connectivity index (χ0v) is 27.0. The molecule has 3 aliphatic rings. The normalized spacial score (nSPS) is 31.1. The molecule has 0 unspecified atom stereocenters. The van der Waals surface area contributed by atoms with Crippen molar-refractivity contribution in [1.29, 1.82) is 0 Å². The fourth-order valence-electron chi connectivity index (χ4n) is 7.15. The second-order valence-corrected chi connectivity index (χ2v) is 14.2. The van der Waals surface area contributed by atoms with Crippen LogP contribution in [0.4, 0.5) is 13.6 Å². The van der Waals surface area contributed by atoms with E-state index >= 15 is 8.78 Å². The number of carbonyl (C=O) groups is 3. The summed E-state index contributed by atoms with van der Waals surface area (Å²) in [6.45, 7) is 9.07. The zero-order chi connectivity index (χ0) is 32.7. The summed E-state index contributed by atoms with van der Waals surface area (Å²) in [7, 11) is 1.51. The van der Waals surface area contributed by atoms with E-state index in [1.165, 1.54) is 18.1 Å². The molecule has 2 aliphatic heterocycles. The summed E-state index contributed by atoms with van der Waals surface area (Å²) in [4.78, 5) is 45.7. The van der Waals surface area contributed by atoms with Gasteiger partial charge in [-0.15, -0.1) is 0 Å². The van der Waals surface area contributed by atoms with E-state index in [0.717, 1.165) is 12.8 Å². The molecule has 2 bridgehead atoms. The molecular weight excluding hydrogens is 584 g/mol. The number of alkyl halides is 2. The highest BCUT2D eigenvalue weighted by atomic mass is 19.3. The highest BCUT2D eigenvalue weighted by molar-refractivity contribution is 5.89. The minimum Gasteiger partial charge on any atom is -0.497 e. The Bertz CT molecular complexity index is 1450.